The van der Waals surface area contributed by atoms with Crippen molar-refractivity contribution in [2.45, 2.75) is 70.0 Å². The van der Waals surface area contributed by atoms with Crippen molar-refractivity contribution in [3.05, 3.63) is 35.0 Å². The Hall–Kier alpha value is -2.48. The lowest BCUT2D eigenvalue weighted by Gasteiger charge is -2.32. The summed E-state index contributed by atoms with van der Waals surface area (Å²) in [6.45, 7) is 4.95. The number of nitrogens with one attached hydrogen (secondary N) is 1. The molecule has 0 fully saturated rings. The fourth-order valence-corrected chi connectivity index (χ4v) is 4.87. The molecule has 0 radical (unpaired) electrons. The minimum atomic E-state index is -0.319. The quantitative estimate of drug-likeness (QED) is 0.380. The van der Waals surface area contributed by atoms with Gasteiger partial charge >= 0.3 is 0 Å². The Morgan fingerprint density at radius 3 is 2.84 bits per heavy atom. The van der Waals surface area contributed by atoms with E-state index in [-0.39, 0.29) is 11.8 Å². The molecular weight excluding hydrogens is 424 g/mol. The number of allylic oxidation sites excluding steroid dienone is 2. The fraction of sp³-hybridized carbons (Fsp3) is 0.542. The highest BCUT2D eigenvalue weighted by molar-refractivity contribution is 7.99. The van der Waals surface area contributed by atoms with E-state index in [2.05, 4.69) is 24.1 Å². The summed E-state index contributed by atoms with van der Waals surface area (Å²) in [7, 11) is 1.65. The molecule has 1 aliphatic heterocycles. The molecule has 0 spiro atoms. The molecule has 8 heteroatoms. The number of hydrogen-bond donors (Lipinski definition) is 1. The number of Topliss-reactive ketones (excluding diaryl/α,β-unsaturated/α-hetero) is 1. The Bertz CT molecular complexity index is 1000. The fourth-order valence-electron chi connectivity index (χ4n) is 4.32. The van der Waals surface area contributed by atoms with Gasteiger partial charge < -0.3 is 14.8 Å². The molecule has 32 heavy (non-hydrogen) atoms. The number of nitrogens with zero attached hydrogens (tertiary/aromatic N) is 3. The maximum Gasteiger partial charge on any atom is 0.227 e. The minimum absolute atomic E-state index is 0.171. The van der Waals surface area contributed by atoms with Gasteiger partial charge in [0.05, 0.1) is 13.7 Å². The van der Waals surface area contributed by atoms with E-state index in [0.717, 1.165) is 54.0 Å². The zero-order chi connectivity index (χ0) is 22.5. The SMILES string of the molecule is CCCCCCOc1ccc(C2C3=C(CCCC3=O)Nc3nc(SCC)nn32)cc1OC. The lowest BCUT2D eigenvalue weighted by molar-refractivity contribution is -0.116. The van der Waals surface area contributed by atoms with Crippen LogP contribution in [0.1, 0.15) is 70.4 Å². The van der Waals surface area contributed by atoms with E-state index in [0.29, 0.717) is 29.9 Å². The topological polar surface area (TPSA) is 78.3 Å². The maximum absolute atomic E-state index is 13.0. The molecule has 7 nitrogen and oxygen atoms in total. The average Bonchev–Trinajstić information content (AvgIpc) is 3.20. The zero-order valence-electron chi connectivity index (χ0n) is 19.1. The van der Waals surface area contributed by atoms with Gasteiger partial charge in [0.2, 0.25) is 11.1 Å². The van der Waals surface area contributed by atoms with Crippen LogP contribution < -0.4 is 14.8 Å². The van der Waals surface area contributed by atoms with Gasteiger partial charge in [-0.05, 0) is 42.7 Å². The van der Waals surface area contributed by atoms with Crippen LogP contribution in [0.5, 0.6) is 11.5 Å². The number of fused-ring (bicyclic) bond motifs is 1. The van der Waals surface area contributed by atoms with E-state index in [1.165, 1.54) is 12.8 Å². The molecule has 0 bridgehead atoms. The highest BCUT2D eigenvalue weighted by Gasteiger charge is 2.37. The van der Waals surface area contributed by atoms with Crippen LogP contribution in [0.15, 0.2) is 34.6 Å². The van der Waals surface area contributed by atoms with E-state index < -0.39 is 0 Å². The highest BCUT2D eigenvalue weighted by Crippen LogP contribution is 2.42. The van der Waals surface area contributed by atoms with Crippen molar-refractivity contribution in [1.82, 2.24) is 14.8 Å². The van der Waals surface area contributed by atoms with E-state index in [1.807, 2.05) is 22.9 Å². The summed E-state index contributed by atoms with van der Waals surface area (Å²) in [5, 5.41) is 8.81. The van der Waals surface area contributed by atoms with Gasteiger partial charge in [-0.2, -0.15) is 4.98 Å². The standard InChI is InChI=1S/C24H32N4O3S/c1-4-6-7-8-14-31-19-13-12-16(15-20(19)30-3)22-21-17(10-9-11-18(21)29)25-23-26-24(32-5-2)27-28(22)23/h12-13,15,22H,4-11,14H2,1-3H3,(H,25,26,27). The maximum atomic E-state index is 13.0. The number of anilines is 1. The highest BCUT2D eigenvalue weighted by atomic mass is 32.2. The van der Waals surface area contributed by atoms with E-state index in [9.17, 15) is 4.79 Å². The van der Waals surface area contributed by atoms with Crippen LogP contribution >= 0.6 is 11.8 Å². The Morgan fingerprint density at radius 2 is 2.06 bits per heavy atom. The van der Waals surface area contributed by atoms with Crippen LogP contribution in [-0.4, -0.2) is 40.0 Å². The molecule has 0 saturated heterocycles. The predicted octanol–water partition coefficient (Wildman–Crippen LogP) is 5.38. The Morgan fingerprint density at radius 1 is 1.19 bits per heavy atom. The summed E-state index contributed by atoms with van der Waals surface area (Å²) in [6.07, 6.45) is 6.88. The number of thioether (sulfide) groups is 1. The van der Waals surface area contributed by atoms with Gasteiger partial charge in [-0.15, -0.1) is 5.10 Å². The molecule has 2 aliphatic rings. The summed E-state index contributed by atoms with van der Waals surface area (Å²) in [5.74, 6) is 3.15. The van der Waals surface area contributed by atoms with Crippen LogP contribution in [-0.2, 0) is 4.79 Å². The minimum Gasteiger partial charge on any atom is -0.493 e. The molecule has 0 amide bonds. The first-order valence-corrected chi connectivity index (χ1v) is 12.6. The summed E-state index contributed by atoms with van der Waals surface area (Å²) in [4.78, 5) is 17.6. The molecule has 1 aromatic carbocycles. The molecule has 2 heterocycles. The van der Waals surface area contributed by atoms with Crippen molar-refractivity contribution in [1.29, 1.82) is 0 Å². The predicted molar refractivity (Wildman–Crippen MR) is 127 cm³/mol. The molecule has 4 rings (SSSR count). The van der Waals surface area contributed by atoms with Gasteiger partial charge in [-0.25, -0.2) is 4.68 Å². The third-order valence-corrected chi connectivity index (χ3v) is 6.60. The van der Waals surface area contributed by atoms with Gasteiger partial charge in [-0.3, -0.25) is 4.79 Å². The number of aromatic nitrogens is 3. The second-order valence-electron chi connectivity index (χ2n) is 8.11. The number of carbonyl (C=O) groups is 1. The number of benzene rings is 1. The largest absolute Gasteiger partial charge is 0.493 e. The third kappa shape index (κ3) is 4.65. The van der Waals surface area contributed by atoms with Crippen LogP contribution in [0, 0.1) is 0 Å². The van der Waals surface area contributed by atoms with Crippen LogP contribution in [0.4, 0.5) is 5.95 Å². The molecule has 1 atom stereocenters. The smallest absolute Gasteiger partial charge is 0.227 e. The third-order valence-electron chi connectivity index (χ3n) is 5.88. The second kappa shape index (κ2) is 10.4. The summed E-state index contributed by atoms with van der Waals surface area (Å²) in [6, 6.07) is 5.62. The molecule has 1 aromatic heterocycles. The number of hydrogen-bond acceptors (Lipinski definition) is 7. The van der Waals surface area contributed by atoms with Crippen molar-refractivity contribution in [3.63, 3.8) is 0 Å². The number of ketones is 1. The van der Waals surface area contributed by atoms with Gasteiger partial charge in [0.1, 0.15) is 6.04 Å². The van der Waals surface area contributed by atoms with E-state index >= 15 is 0 Å². The molecule has 1 unspecified atom stereocenters. The Balaban J connectivity index is 1.67. The number of carbonyl (C=O) groups excluding carboxylic acids is 1. The molecule has 1 N–H and O–H groups in total. The second-order valence-corrected chi connectivity index (χ2v) is 9.34. The number of unbranched alkanes of at least 4 members (excludes halogenated alkanes) is 3. The van der Waals surface area contributed by atoms with Gasteiger partial charge in [0, 0.05) is 17.7 Å². The zero-order valence-corrected chi connectivity index (χ0v) is 20.0. The molecule has 1 aliphatic carbocycles. The molecule has 2 aromatic rings. The summed E-state index contributed by atoms with van der Waals surface area (Å²) >= 11 is 1.59. The Labute approximate surface area is 194 Å². The number of ether oxygens (including phenoxy) is 2. The number of methoxy groups -OCH3 is 1. The summed E-state index contributed by atoms with van der Waals surface area (Å²) < 4.78 is 13.5. The lowest BCUT2D eigenvalue weighted by Crippen LogP contribution is -2.31. The van der Waals surface area contributed by atoms with Crippen molar-refractivity contribution in [2.75, 3.05) is 24.8 Å². The first kappa shape index (κ1) is 22.7. The molecular formula is C24H32N4O3S. The van der Waals surface area contributed by atoms with Crippen LogP contribution in [0.25, 0.3) is 0 Å². The van der Waals surface area contributed by atoms with Crippen LogP contribution in [0.3, 0.4) is 0 Å². The lowest BCUT2D eigenvalue weighted by atomic mass is 9.85. The first-order chi connectivity index (χ1) is 15.7. The van der Waals surface area contributed by atoms with E-state index in [4.69, 9.17) is 14.6 Å². The number of rotatable bonds is 10. The normalized spacial score (nSPS) is 17.6. The van der Waals surface area contributed by atoms with E-state index in [1.54, 1.807) is 18.9 Å². The molecule has 172 valence electrons. The van der Waals surface area contributed by atoms with Crippen LogP contribution in [0.2, 0.25) is 0 Å². The monoisotopic (exact) mass is 456 g/mol. The van der Waals surface area contributed by atoms with Gasteiger partial charge in [-0.1, -0.05) is 50.9 Å². The summed E-state index contributed by atoms with van der Waals surface area (Å²) in [5.41, 5.74) is 2.70. The van der Waals surface area contributed by atoms with Crippen molar-refractivity contribution in [2.24, 2.45) is 0 Å². The average molecular weight is 457 g/mol. The van der Waals surface area contributed by atoms with Gasteiger partial charge in [0.25, 0.3) is 0 Å². The Kier molecular flexibility index (Phi) is 7.40. The van der Waals surface area contributed by atoms with Crippen molar-refractivity contribution >= 4 is 23.5 Å². The van der Waals surface area contributed by atoms with Crippen molar-refractivity contribution < 1.29 is 14.3 Å². The first-order valence-electron chi connectivity index (χ1n) is 11.6. The molecule has 0 saturated carbocycles. The van der Waals surface area contributed by atoms with Gasteiger partial charge in [0.15, 0.2) is 17.3 Å². The van der Waals surface area contributed by atoms with Crippen molar-refractivity contribution in [3.8, 4) is 11.5 Å².